The molecule has 0 spiro atoms. The maximum atomic E-state index is 13.6. The van der Waals surface area contributed by atoms with Crippen LogP contribution in [0.25, 0.3) is 0 Å². The quantitative estimate of drug-likeness (QED) is 0.321. The van der Waals surface area contributed by atoms with Gasteiger partial charge in [0.25, 0.3) is 0 Å². The predicted octanol–water partition coefficient (Wildman–Crippen LogP) is 5.33. The van der Waals surface area contributed by atoms with Crippen molar-refractivity contribution in [2.45, 2.75) is 58.7 Å². The Morgan fingerprint density at radius 3 is 2.22 bits per heavy atom. The lowest BCUT2D eigenvalue weighted by Crippen LogP contribution is -2.51. The summed E-state index contributed by atoms with van der Waals surface area (Å²) in [6.07, 6.45) is 1.26. The summed E-state index contributed by atoms with van der Waals surface area (Å²) in [6, 6.07) is 24.6. The molecule has 3 aromatic rings. The lowest BCUT2D eigenvalue weighted by molar-refractivity contribution is -0.141. The Balaban J connectivity index is 1.76. The van der Waals surface area contributed by atoms with Crippen molar-refractivity contribution in [3.05, 3.63) is 95.6 Å². The Labute approximate surface area is 220 Å². The zero-order valence-electron chi connectivity index (χ0n) is 22.3. The molecule has 0 aliphatic rings. The van der Waals surface area contributed by atoms with Crippen molar-refractivity contribution in [3.63, 3.8) is 0 Å². The van der Waals surface area contributed by atoms with Gasteiger partial charge >= 0.3 is 0 Å². The highest BCUT2D eigenvalue weighted by molar-refractivity contribution is 5.88. The normalized spacial score (nSPS) is 11.6. The number of ether oxygens (including phenoxy) is 2. The molecule has 6 nitrogen and oxygen atoms in total. The third-order valence-electron chi connectivity index (χ3n) is 6.00. The van der Waals surface area contributed by atoms with E-state index in [0.29, 0.717) is 26.0 Å². The first-order valence-corrected chi connectivity index (χ1v) is 12.8. The summed E-state index contributed by atoms with van der Waals surface area (Å²) in [5.41, 5.74) is 3.12. The molecule has 196 valence electrons. The largest absolute Gasteiger partial charge is 0.497 e. The van der Waals surface area contributed by atoms with Gasteiger partial charge in [-0.15, -0.1) is 0 Å². The van der Waals surface area contributed by atoms with Crippen LogP contribution in [0.2, 0.25) is 0 Å². The van der Waals surface area contributed by atoms with Crippen LogP contribution < -0.4 is 14.8 Å². The van der Waals surface area contributed by atoms with Gasteiger partial charge in [0.15, 0.2) is 0 Å². The molecule has 0 bridgehead atoms. The number of rotatable bonds is 13. The van der Waals surface area contributed by atoms with Gasteiger partial charge in [0.1, 0.15) is 17.5 Å². The zero-order chi connectivity index (χ0) is 26.6. The average Bonchev–Trinajstić information content (AvgIpc) is 2.89. The van der Waals surface area contributed by atoms with Gasteiger partial charge < -0.3 is 19.7 Å². The molecule has 3 rings (SSSR count). The second-order valence-corrected chi connectivity index (χ2v) is 9.51. The van der Waals surface area contributed by atoms with Crippen LogP contribution in [0.4, 0.5) is 0 Å². The van der Waals surface area contributed by atoms with E-state index in [1.807, 2.05) is 93.6 Å². The molecule has 37 heavy (non-hydrogen) atoms. The van der Waals surface area contributed by atoms with Gasteiger partial charge in [-0.25, -0.2) is 0 Å². The number of benzene rings is 3. The molecule has 0 aliphatic carbocycles. The highest BCUT2D eigenvalue weighted by Crippen LogP contribution is 2.19. The van der Waals surface area contributed by atoms with Crippen LogP contribution in [-0.2, 0) is 22.6 Å². The van der Waals surface area contributed by atoms with Gasteiger partial charge in [-0.1, -0.05) is 60.2 Å². The van der Waals surface area contributed by atoms with E-state index in [1.165, 1.54) is 0 Å². The van der Waals surface area contributed by atoms with Gasteiger partial charge in [0, 0.05) is 25.4 Å². The fourth-order valence-electron chi connectivity index (χ4n) is 4.17. The van der Waals surface area contributed by atoms with Crippen molar-refractivity contribution in [2.24, 2.45) is 0 Å². The van der Waals surface area contributed by atoms with E-state index in [0.717, 1.165) is 28.2 Å². The highest BCUT2D eigenvalue weighted by atomic mass is 16.5. The first-order valence-electron chi connectivity index (χ1n) is 12.8. The Morgan fingerprint density at radius 2 is 1.57 bits per heavy atom. The van der Waals surface area contributed by atoms with Crippen LogP contribution in [0.15, 0.2) is 78.9 Å². The second kappa shape index (κ2) is 14.1. The molecule has 0 unspecified atom stereocenters. The number of carbonyl (C=O) groups is 2. The summed E-state index contributed by atoms with van der Waals surface area (Å²) in [7, 11) is 1.62. The molecule has 0 saturated heterocycles. The van der Waals surface area contributed by atoms with Gasteiger partial charge in [-0.3, -0.25) is 9.59 Å². The first-order chi connectivity index (χ1) is 17.9. The molecule has 0 fully saturated rings. The maximum Gasteiger partial charge on any atom is 0.243 e. The van der Waals surface area contributed by atoms with E-state index in [4.69, 9.17) is 9.47 Å². The van der Waals surface area contributed by atoms with Crippen molar-refractivity contribution in [1.29, 1.82) is 0 Å². The minimum Gasteiger partial charge on any atom is -0.497 e. The van der Waals surface area contributed by atoms with Gasteiger partial charge in [-0.05, 0) is 62.6 Å². The number of nitrogens with one attached hydrogen (secondary N) is 1. The van der Waals surface area contributed by atoms with E-state index in [-0.39, 0.29) is 24.3 Å². The molecule has 1 N–H and O–H groups in total. The first kappa shape index (κ1) is 27.8. The summed E-state index contributed by atoms with van der Waals surface area (Å²) in [5.74, 6) is 1.27. The Bertz CT molecular complexity index is 1130. The smallest absolute Gasteiger partial charge is 0.243 e. The van der Waals surface area contributed by atoms with Crippen molar-refractivity contribution in [1.82, 2.24) is 10.2 Å². The van der Waals surface area contributed by atoms with Crippen LogP contribution >= 0.6 is 0 Å². The lowest BCUT2D eigenvalue weighted by Gasteiger charge is -2.32. The van der Waals surface area contributed by atoms with Gasteiger partial charge in [0.05, 0.1) is 13.7 Å². The zero-order valence-corrected chi connectivity index (χ0v) is 22.3. The van der Waals surface area contributed by atoms with Crippen molar-refractivity contribution < 1.29 is 19.1 Å². The molecule has 3 aromatic carbocycles. The molecule has 1 atom stereocenters. The molecule has 2 amide bonds. The van der Waals surface area contributed by atoms with Crippen LogP contribution in [0, 0.1) is 6.92 Å². The fourth-order valence-corrected chi connectivity index (χ4v) is 4.17. The standard InChI is InChI=1S/C31H38N2O4/c1-23(2)32-31(35)29(21-25-11-6-5-7-12-25)33(22-26-13-8-10-24(3)20-26)30(34)14-9-19-37-28-17-15-27(36-4)16-18-28/h5-8,10-13,15-18,20,23,29H,9,14,19,21-22H2,1-4H3,(H,32,35)/t29-/m0/s1. The number of hydrogen-bond acceptors (Lipinski definition) is 4. The van der Waals surface area contributed by atoms with E-state index < -0.39 is 6.04 Å². The SMILES string of the molecule is COc1ccc(OCCCC(=O)N(Cc2cccc(C)c2)[C@@H](Cc2ccccc2)C(=O)NC(C)C)cc1. The molecule has 6 heteroatoms. The molecule has 0 aliphatic heterocycles. The van der Waals surface area contributed by atoms with Crippen molar-refractivity contribution in [2.75, 3.05) is 13.7 Å². The van der Waals surface area contributed by atoms with Crippen molar-refractivity contribution in [3.8, 4) is 11.5 Å². The maximum absolute atomic E-state index is 13.6. The molecular weight excluding hydrogens is 464 g/mol. The van der Waals surface area contributed by atoms with Crippen LogP contribution in [0.1, 0.15) is 43.4 Å². The van der Waals surface area contributed by atoms with Crippen LogP contribution in [0.5, 0.6) is 11.5 Å². The number of hydrogen-bond donors (Lipinski definition) is 1. The van der Waals surface area contributed by atoms with Crippen LogP contribution in [-0.4, -0.2) is 42.5 Å². The van der Waals surface area contributed by atoms with Crippen LogP contribution in [0.3, 0.4) is 0 Å². The second-order valence-electron chi connectivity index (χ2n) is 9.51. The fraction of sp³-hybridized carbons (Fsp3) is 0.355. The number of methoxy groups -OCH3 is 1. The van der Waals surface area contributed by atoms with E-state index in [1.54, 1.807) is 12.0 Å². The summed E-state index contributed by atoms with van der Waals surface area (Å²) in [6.45, 7) is 6.65. The van der Waals surface area contributed by atoms with E-state index in [9.17, 15) is 9.59 Å². The number of amides is 2. The van der Waals surface area contributed by atoms with Gasteiger partial charge in [-0.2, -0.15) is 0 Å². The number of carbonyl (C=O) groups excluding carboxylic acids is 2. The average molecular weight is 503 g/mol. The third-order valence-corrected chi connectivity index (χ3v) is 6.00. The van der Waals surface area contributed by atoms with Crippen molar-refractivity contribution >= 4 is 11.8 Å². The summed E-state index contributed by atoms with van der Waals surface area (Å²) >= 11 is 0. The Morgan fingerprint density at radius 1 is 0.892 bits per heavy atom. The number of nitrogens with zero attached hydrogens (tertiary/aromatic N) is 1. The molecule has 0 saturated carbocycles. The third kappa shape index (κ3) is 8.98. The van der Waals surface area contributed by atoms with Gasteiger partial charge in [0.2, 0.25) is 11.8 Å². The topological polar surface area (TPSA) is 67.9 Å². The number of aryl methyl sites for hydroxylation is 1. The minimum atomic E-state index is -0.625. The summed E-state index contributed by atoms with van der Waals surface area (Å²) in [4.78, 5) is 28.7. The molecule has 0 radical (unpaired) electrons. The van der Waals surface area contributed by atoms with E-state index >= 15 is 0 Å². The summed E-state index contributed by atoms with van der Waals surface area (Å²) < 4.78 is 11.0. The molecular formula is C31H38N2O4. The predicted molar refractivity (Wildman–Crippen MR) is 147 cm³/mol. The van der Waals surface area contributed by atoms with E-state index in [2.05, 4.69) is 11.4 Å². The monoisotopic (exact) mass is 502 g/mol. The highest BCUT2D eigenvalue weighted by Gasteiger charge is 2.30. The summed E-state index contributed by atoms with van der Waals surface area (Å²) in [5, 5.41) is 3.03. The lowest BCUT2D eigenvalue weighted by atomic mass is 10.0. The molecule has 0 aromatic heterocycles. The molecule has 0 heterocycles. The Kier molecular flexibility index (Phi) is 10.6. The Hall–Kier alpha value is -3.80. The minimum absolute atomic E-state index is 0.0282.